The molecule has 0 bridgehead atoms. The maximum Gasteiger partial charge on any atom is 0.0463 e. The highest BCUT2D eigenvalue weighted by Crippen LogP contribution is 2.35. The van der Waals surface area contributed by atoms with Gasteiger partial charge in [-0.3, -0.25) is 11.3 Å². The van der Waals surface area contributed by atoms with Crippen molar-refractivity contribution in [3.63, 3.8) is 0 Å². The Bertz CT molecular complexity index is 341. The van der Waals surface area contributed by atoms with Gasteiger partial charge < -0.3 is 0 Å². The van der Waals surface area contributed by atoms with E-state index in [1.807, 2.05) is 0 Å². The van der Waals surface area contributed by atoms with Crippen molar-refractivity contribution in [3.05, 3.63) is 33.8 Å². The first-order valence-corrected chi connectivity index (χ1v) is 6.71. The fourth-order valence-electron chi connectivity index (χ4n) is 2.33. The fraction of sp³-hybridized carbons (Fsp3) is 0.538. The van der Waals surface area contributed by atoms with Crippen molar-refractivity contribution >= 4 is 15.9 Å². The van der Waals surface area contributed by atoms with Crippen LogP contribution in [0.3, 0.4) is 0 Å². The maximum atomic E-state index is 5.67. The first-order chi connectivity index (χ1) is 7.69. The zero-order chi connectivity index (χ0) is 11.5. The molecule has 1 aliphatic rings. The van der Waals surface area contributed by atoms with E-state index >= 15 is 0 Å². The number of nitrogens with two attached hydrogens (primary N) is 1. The van der Waals surface area contributed by atoms with Crippen molar-refractivity contribution in [2.24, 2.45) is 11.8 Å². The van der Waals surface area contributed by atoms with Gasteiger partial charge in [0.1, 0.15) is 0 Å². The van der Waals surface area contributed by atoms with Crippen molar-refractivity contribution in [3.8, 4) is 0 Å². The lowest BCUT2D eigenvalue weighted by molar-refractivity contribution is 0.262. The van der Waals surface area contributed by atoms with Gasteiger partial charge in [-0.1, -0.05) is 41.3 Å². The monoisotopic (exact) mass is 282 g/mol. The van der Waals surface area contributed by atoms with Gasteiger partial charge in [-0.15, -0.1) is 0 Å². The van der Waals surface area contributed by atoms with Gasteiger partial charge in [-0.2, -0.15) is 0 Å². The van der Waals surface area contributed by atoms with Crippen LogP contribution >= 0.6 is 15.9 Å². The Balaban J connectivity index is 2.11. The van der Waals surface area contributed by atoms with Crippen LogP contribution in [0.1, 0.15) is 42.9 Å². The molecule has 1 atom stereocenters. The molecule has 2 nitrogen and oxygen atoms in total. The summed E-state index contributed by atoms with van der Waals surface area (Å²) in [5.41, 5.74) is 5.52. The Hall–Kier alpha value is -0.380. The van der Waals surface area contributed by atoms with E-state index in [-0.39, 0.29) is 0 Å². The average molecular weight is 283 g/mol. The number of hydrogen-bond acceptors (Lipinski definition) is 2. The molecule has 0 amide bonds. The summed E-state index contributed by atoms with van der Waals surface area (Å²) in [5, 5.41) is 0. The second-order valence-electron chi connectivity index (χ2n) is 4.81. The number of aryl methyl sites for hydroxylation is 1. The lowest BCUT2D eigenvalue weighted by atomic mass is 9.79. The molecule has 1 unspecified atom stereocenters. The van der Waals surface area contributed by atoms with E-state index < -0.39 is 0 Å². The van der Waals surface area contributed by atoms with Crippen LogP contribution in [0.4, 0.5) is 0 Å². The first kappa shape index (κ1) is 12.1. The minimum Gasteiger partial charge on any atom is -0.271 e. The molecule has 1 aromatic rings. The molecule has 1 aromatic carbocycles. The summed E-state index contributed by atoms with van der Waals surface area (Å²) in [4.78, 5) is 0. The Morgan fingerprint density at radius 2 is 2.19 bits per heavy atom. The lowest BCUT2D eigenvalue weighted by Gasteiger charge is -2.29. The zero-order valence-corrected chi connectivity index (χ0v) is 11.3. The molecule has 1 fully saturated rings. The molecule has 1 saturated carbocycles. The summed E-state index contributed by atoms with van der Waals surface area (Å²) >= 11 is 3.54. The summed E-state index contributed by atoms with van der Waals surface area (Å²) in [5.74, 6) is 6.53. The zero-order valence-electron chi connectivity index (χ0n) is 9.67. The normalized spacial score (nSPS) is 18.2. The van der Waals surface area contributed by atoms with Gasteiger partial charge in [-0.25, -0.2) is 0 Å². The smallest absolute Gasteiger partial charge is 0.0463 e. The maximum absolute atomic E-state index is 5.67. The number of nitrogens with one attached hydrogen (secondary N) is 1. The van der Waals surface area contributed by atoms with E-state index in [0.717, 1.165) is 16.8 Å². The van der Waals surface area contributed by atoms with Crippen molar-refractivity contribution in [2.45, 2.75) is 38.6 Å². The molecule has 1 aliphatic carbocycles. The van der Waals surface area contributed by atoms with Crippen molar-refractivity contribution < 1.29 is 0 Å². The Morgan fingerprint density at radius 3 is 2.69 bits per heavy atom. The number of benzene rings is 1. The highest BCUT2D eigenvalue weighted by molar-refractivity contribution is 9.10. The predicted molar refractivity (Wildman–Crippen MR) is 70.9 cm³/mol. The Kier molecular flexibility index (Phi) is 4.00. The minimum absolute atomic E-state index is 0.293. The van der Waals surface area contributed by atoms with E-state index in [0.29, 0.717) is 6.04 Å². The van der Waals surface area contributed by atoms with Gasteiger partial charge >= 0.3 is 0 Å². The molecule has 0 radical (unpaired) electrons. The summed E-state index contributed by atoms with van der Waals surface area (Å²) in [6, 6.07) is 6.80. The SMILES string of the molecule is Cc1cc(Br)cc(C(CC2CCC2)NN)c1. The second-order valence-corrected chi connectivity index (χ2v) is 5.73. The Labute approximate surface area is 106 Å². The molecular formula is C13H19BrN2. The van der Waals surface area contributed by atoms with Gasteiger partial charge in [0.15, 0.2) is 0 Å². The van der Waals surface area contributed by atoms with Gasteiger partial charge in [0, 0.05) is 10.5 Å². The van der Waals surface area contributed by atoms with E-state index in [1.54, 1.807) is 0 Å². The average Bonchev–Trinajstić information content (AvgIpc) is 2.14. The van der Waals surface area contributed by atoms with Crippen molar-refractivity contribution in [1.82, 2.24) is 5.43 Å². The molecular weight excluding hydrogens is 264 g/mol. The Morgan fingerprint density at radius 1 is 1.44 bits per heavy atom. The lowest BCUT2D eigenvalue weighted by Crippen LogP contribution is -2.31. The van der Waals surface area contributed by atoms with Crippen molar-refractivity contribution in [2.75, 3.05) is 0 Å². The van der Waals surface area contributed by atoms with Crippen LogP contribution in [0, 0.1) is 12.8 Å². The third-order valence-electron chi connectivity index (χ3n) is 3.46. The van der Waals surface area contributed by atoms with Crippen LogP contribution in [-0.2, 0) is 0 Å². The predicted octanol–water partition coefficient (Wildman–Crippen LogP) is 3.45. The third kappa shape index (κ3) is 2.84. The van der Waals surface area contributed by atoms with Crippen LogP contribution < -0.4 is 11.3 Å². The molecule has 3 heteroatoms. The highest BCUT2D eigenvalue weighted by Gasteiger charge is 2.22. The molecule has 0 spiro atoms. The van der Waals surface area contributed by atoms with Crippen molar-refractivity contribution in [1.29, 1.82) is 0 Å². The molecule has 3 N–H and O–H groups in total. The molecule has 0 heterocycles. The second kappa shape index (κ2) is 5.30. The van der Waals surface area contributed by atoms with E-state index in [1.165, 1.54) is 30.4 Å². The standard InChI is InChI=1S/C13H19BrN2/c1-9-5-11(8-12(14)6-9)13(16-15)7-10-3-2-4-10/h5-6,8,10,13,16H,2-4,7,15H2,1H3. The molecule has 16 heavy (non-hydrogen) atoms. The van der Waals surface area contributed by atoms with E-state index in [2.05, 4.69) is 46.5 Å². The van der Waals surface area contributed by atoms with Crippen LogP contribution in [0.25, 0.3) is 0 Å². The largest absolute Gasteiger partial charge is 0.271 e. The third-order valence-corrected chi connectivity index (χ3v) is 3.92. The summed E-state index contributed by atoms with van der Waals surface area (Å²) in [7, 11) is 0. The number of halogens is 1. The van der Waals surface area contributed by atoms with Gasteiger partial charge in [0.25, 0.3) is 0 Å². The quantitative estimate of drug-likeness (QED) is 0.656. The number of hydrogen-bond donors (Lipinski definition) is 2. The molecule has 0 aromatic heterocycles. The van der Waals surface area contributed by atoms with Crippen LogP contribution in [-0.4, -0.2) is 0 Å². The van der Waals surface area contributed by atoms with E-state index in [9.17, 15) is 0 Å². The number of hydrazine groups is 1. The van der Waals surface area contributed by atoms with Gasteiger partial charge in [0.05, 0.1) is 0 Å². The molecule has 0 aliphatic heterocycles. The van der Waals surface area contributed by atoms with Gasteiger partial charge in [0.2, 0.25) is 0 Å². The summed E-state index contributed by atoms with van der Waals surface area (Å²) in [6.45, 7) is 2.12. The molecule has 0 saturated heterocycles. The summed E-state index contributed by atoms with van der Waals surface area (Å²) < 4.78 is 1.14. The van der Waals surface area contributed by atoms with Crippen LogP contribution in [0.2, 0.25) is 0 Å². The summed E-state index contributed by atoms with van der Waals surface area (Å²) in [6.07, 6.45) is 5.28. The molecule has 2 rings (SSSR count). The van der Waals surface area contributed by atoms with Crippen LogP contribution in [0.15, 0.2) is 22.7 Å². The minimum atomic E-state index is 0.293. The van der Waals surface area contributed by atoms with E-state index in [4.69, 9.17) is 5.84 Å². The van der Waals surface area contributed by atoms with Gasteiger partial charge in [-0.05, 0) is 42.5 Å². The highest BCUT2D eigenvalue weighted by atomic mass is 79.9. The number of rotatable bonds is 4. The van der Waals surface area contributed by atoms with Crippen LogP contribution in [0.5, 0.6) is 0 Å². The first-order valence-electron chi connectivity index (χ1n) is 5.92. The molecule has 88 valence electrons. The topological polar surface area (TPSA) is 38.0 Å². The fourth-order valence-corrected chi connectivity index (χ4v) is 2.95.